The van der Waals surface area contributed by atoms with Crippen molar-refractivity contribution in [3.63, 3.8) is 0 Å². The quantitative estimate of drug-likeness (QED) is 0.832. The highest BCUT2D eigenvalue weighted by molar-refractivity contribution is 5.80. The van der Waals surface area contributed by atoms with Crippen molar-refractivity contribution in [2.24, 2.45) is 5.92 Å². The lowest BCUT2D eigenvalue weighted by Gasteiger charge is -2.39. The fourth-order valence-electron chi connectivity index (χ4n) is 3.71. The van der Waals surface area contributed by atoms with Crippen LogP contribution >= 0.6 is 0 Å². The molecule has 130 valence electrons. The molecule has 0 aliphatic carbocycles. The van der Waals surface area contributed by atoms with Gasteiger partial charge in [0.1, 0.15) is 0 Å². The van der Waals surface area contributed by atoms with Gasteiger partial charge in [-0.1, -0.05) is 12.1 Å². The second kappa shape index (κ2) is 7.24. The predicted octanol–water partition coefficient (Wildman–Crippen LogP) is 1.90. The van der Waals surface area contributed by atoms with Crippen LogP contribution in [0.25, 0.3) is 0 Å². The molecule has 5 nitrogen and oxygen atoms in total. The molecule has 1 aromatic rings. The summed E-state index contributed by atoms with van der Waals surface area (Å²) in [6.07, 6.45) is 1.60. The van der Waals surface area contributed by atoms with Gasteiger partial charge in [0.15, 0.2) is 0 Å². The Morgan fingerprint density at radius 3 is 2.21 bits per heavy atom. The molecule has 0 bridgehead atoms. The lowest BCUT2D eigenvalue weighted by atomic mass is 9.95. The minimum absolute atomic E-state index is 0.0890. The summed E-state index contributed by atoms with van der Waals surface area (Å²) >= 11 is 0. The summed E-state index contributed by atoms with van der Waals surface area (Å²) in [5, 5.41) is 0. The molecule has 0 spiro atoms. The number of benzene rings is 1. The molecule has 0 radical (unpaired) electrons. The third-order valence-electron chi connectivity index (χ3n) is 5.25. The van der Waals surface area contributed by atoms with E-state index in [9.17, 15) is 9.59 Å². The summed E-state index contributed by atoms with van der Waals surface area (Å²) in [7, 11) is 0. The van der Waals surface area contributed by atoms with E-state index in [2.05, 4.69) is 36.1 Å². The Morgan fingerprint density at radius 1 is 0.958 bits per heavy atom. The largest absolute Gasteiger partial charge is 0.368 e. The zero-order chi connectivity index (χ0) is 17.1. The summed E-state index contributed by atoms with van der Waals surface area (Å²) in [6.45, 7) is 8.51. The molecule has 2 saturated heterocycles. The van der Waals surface area contributed by atoms with Crippen molar-refractivity contribution in [1.29, 1.82) is 0 Å². The average molecular weight is 329 g/mol. The van der Waals surface area contributed by atoms with Crippen LogP contribution in [0, 0.1) is 12.8 Å². The van der Waals surface area contributed by atoms with E-state index in [1.807, 2.05) is 9.80 Å². The number of likely N-dealkylation sites (tertiary alicyclic amines) is 1. The molecule has 0 unspecified atom stereocenters. The van der Waals surface area contributed by atoms with Crippen molar-refractivity contribution in [1.82, 2.24) is 9.80 Å². The molecular weight excluding hydrogens is 302 g/mol. The number of aryl methyl sites for hydroxylation is 1. The number of piperazine rings is 1. The van der Waals surface area contributed by atoms with Crippen molar-refractivity contribution in [2.45, 2.75) is 26.7 Å². The van der Waals surface area contributed by atoms with Crippen LogP contribution in [0.1, 0.15) is 25.3 Å². The Bertz CT molecular complexity index is 600. The van der Waals surface area contributed by atoms with Crippen molar-refractivity contribution in [3.05, 3.63) is 29.8 Å². The van der Waals surface area contributed by atoms with E-state index in [4.69, 9.17) is 0 Å². The van der Waals surface area contributed by atoms with Gasteiger partial charge in [-0.3, -0.25) is 9.59 Å². The number of hydrogen-bond acceptors (Lipinski definition) is 3. The van der Waals surface area contributed by atoms with Gasteiger partial charge in [-0.2, -0.15) is 0 Å². The van der Waals surface area contributed by atoms with Crippen LogP contribution in [-0.2, 0) is 9.59 Å². The van der Waals surface area contributed by atoms with E-state index < -0.39 is 0 Å². The Kier molecular flexibility index (Phi) is 5.07. The molecule has 2 amide bonds. The van der Waals surface area contributed by atoms with Crippen LogP contribution in [-0.4, -0.2) is 60.9 Å². The van der Waals surface area contributed by atoms with E-state index in [1.54, 1.807) is 6.92 Å². The first-order valence-corrected chi connectivity index (χ1v) is 8.90. The number of carbonyl (C=O) groups is 2. The van der Waals surface area contributed by atoms with Crippen LogP contribution in [0.15, 0.2) is 24.3 Å². The van der Waals surface area contributed by atoms with Gasteiger partial charge in [-0.25, -0.2) is 0 Å². The standard InChI is InChI=1S/C19H27N3O2/c1-15-4-3-5-18(14-15)21-10-12-22(13-11-21)19(24)17-6-8-20(9-7-17)16(2)23/h3-5,14,17H,6-13H2,1-2H3. The summed E-state index contributed by atoms with van der Waals surface area (Å²) in [5.74, 6) is 0.487. The highest BCUT2D eigenvalue weighted by atomic mass is 16.2. The Morgan fingerprint density at radius 2 is 1.62 bits per heavy atom. The van der Waals surface area contributed by atoms with E-state index in [-0.39, 0.29) is 17.7 Å². The number of rotatable bonds is 2. The molecule has 5 heteroatoms. The van der Waals surface area contributed by atoms with Crippen LogP contribution in [0.4, 0.5) is 5.69 Å². The normalized spacial score (nSPS) is 19.5. The lowest BCUT2D eigenvalue weighted by molar-refractivity contribution is -0.140. The highest BCUT2D eigenvalue weighted by Crippen LogP contribution is 2.22. The Labute approximate surface area is 144 Å². The third kappa shape index (κ3) is 3.71. The molecular formula is C19H27N3O2. The second-order valence-corrected chi connectivity index (χ2v) is 6.93. The second-order valence-electron chi connectivity index (χ2n) is 6.93. The van der Waals surface area contributed by atoms with Crippen molar-refractivity contribution >= 4 is 17.5 Å². The monoisotopic (exact) mass is 329 g/mol. The van der Waals surface area contributed by atoms with E-state index in [0.717, 1.165) is 52.1 Å². The lowest BCUT2D eigenvalue weighted by Crippen LogP contribution is -2.52. The fourth-order valence-corrected chi connectivity index (χ4v) is 3.71. The number of anilines is 1. The highest BCUT2D eigenvalue weighted by Gasteiger charge is 2.30. The van der Waals surface area contributed by atoms with Gasteiger partial charge in [-0.05, 0) is 37.5 Å². The van der Waals surface area contributed by atoms with Crippen LogP contribution in [0.2, 0.25) is 0 Å². The summed E-state index contributed by atoms with van der Waals surface area (Å²) in [4.78, 5) is 30.3. The zero-order valence-electron chi connectivity index (χ0n) is 14.7. The minimum atomic E-state index is 0.0890. The molecule has 0 atom stereocenters. The molecule has 2 heterocycles. The van der Waals surface area contributed by atoms with Crippen LogP contribution in [0.5, 0.6) is 0 Å². The van der Waals surface area contributed by atoms with Gasteiger partial charge in [0.05, 0.1) is 0 Å². The molecule has 0 N–H and O–H groups in total. The summed E-state index contributed by atoms with van der Waals surface area (Å²) in [5.41, 5.74) is 2.51. The topological polar surface area (TPSA) is 43.9 Å². The molecule has 0 saturated carbocycles. The Hall–Kier alpha value is -2.04. The van der Waals surface area contributed by atoms with Crippen LogP contribution in [0.3, 0.4) is 0 Å². The SMILES string of the molecule is CC(=O)N1CCC(C(=O)N2CCN(c3cccc(C)c3)CC2)CC1. The molecule has 2 aliphatic heterocycles. The summed E-state index contributed by atoms with van der Waals surface area (Å²) in [6, 6.07) is 8.54. The van der Waals surface area contributed by atoms with Gasteiger partial charge in [0, 0.05) is 57.8 Å². The van der Waals surface area contributed by atoms with Crippen molar-refractivity contribution in [2.75, 3.05) is 44.2 Å². The van der Waals surface area contributed by atoms with Crippen molar-refractivity contribution < 1.29 is 9.59 Å². The minimum Gasteiger partial charge on any atom is -0.368 e. The molecule has 2 fully saturated rings. The predicted molar refractivity (Wildman–Crippen MR) is 95.0 cm³/mol. The first-order chi connectivity index (χ1) is 11.5. The number of nitrogens with zero attached hydrogens (tertiary/aromatic N) is 3. The number of amides is 2. The van der Waals surface area contributed by atoms with Gasteiger partial charge >= 0.3 is 0 Å². The first-order valence-electron chi connectivity index (χ1n) is 8.90. The molecule has 1 aromatic carbocycles. The van der Waals surface area contributed by atoms with Gasteiger partial charge in [0.2, 0.25) is 11.8 Å². The summed E-state index contributed by atoms with van der Waals surface area (Å²) < 4.78 is 0. The van der Waals surface area contributed by atoms with Crippen LogP contribution < -0.4 is 4.90 Å². The maximum absolute atomic E-state index is 12.7. The van der Waals surface area contributed by atoms with E-state index in [0.29, 0.717) is 0 Å². The first kappa shape index (κ1) is 16.8. The smallest absolute Gasteiger partial charge is 0.225 e. The molecule has 3 rings (SSSR count). The molecule has 24 heavy (non-hydrogen) atoms. The number of piperidine rings is 1. The Balaban J connectivity index is 1.51. The van der Waals surface area contributed by atoms with E-state index in [1.165, 1.54) is 11.3 Å². The van der Waals surface area contributed by atoms with Gasteiger partial charge in [-0.15, -0.1) is 0 Å². The van der Waals surface area contributed by atoms with E-state index >= 15 is 0 Å². The zero-order valence-corrected chi connectivity index (χ0v) is 14.7. The fraction of sp³-hybridized carbons (Fsp3) is 0.579. The maximum Gasteiger partial charge on any atom is 0.225 e. The third-order valence-corrected chi connectivity index (χ3v) is 5.25. The van der Waals surface area contributed by atoms with Gasteiger partial charge < -0.3 is 14.7 Å². The molecule has 2 aliphatic rings. The number of carbonyl (C=O) groups excluding carboxylic acids is 2. The molecule has 0 aromatic heterocycles. The van der Waals surface area contributed by atoms with Gasteiger partial charge in [0.25, 0.3) is 0 Å². The average Bonchev–Trinajstić information content (AvgIpc) is 2.61. The maximum atomic E-state index is 12.7. The number of hydrogen-bond donors (Lipinski definition) is 0. The van der Waals surface area contributed by atoms with Crippen molar-refractivity contribution in [3.8, 4) is 0 Å².